The molecule has 0 amide bonds. The van der Waals surface area contributed by atoms with Gasteiger partial charge >= 0.3 is 5.97 Å². The molecule has 0 spiro atoms. The number of rotatable bonds is 2. The van der Waals surface area contributed by atoms with Crippen LogP contribution in [-0.4, -0.2) is 49.3 Å². The second-order valence-electron chi connectivity index (χ2n) is 3.94. The van der Waals surface area contributed by atoms with Gasteiger partial charge in [0, 0.05) is 18.7 Å². The summed E-state index contributed by atoms with van der Waals surface area (Å²) in [6, 6.07) is 7.25. The molecule has 0 N–H and O–H groups in total. The lowest BCUT2D eigenvalue weighted by Crippen LogP contribution is -2.40. The fourth-order valence-corrected chi connectivity index (χ4v) is 2.25. The largest absolute Gasteiger partial charge is 0.465 e. The molecule has 18 heavy (non-hydrogen) atoms. The molecule has 0 radical (unpaired) electrons. The van der Waals surface area contributed by atoms with Crippen LogP contribution in [0.2, 0.25) is 0 Å². The highest BCUT2D eigenvalue weighted by molar-refractivity contribution is 7.80. The maximum Gasteiger partial charge on any atom is 0.338 e. The summed E-state index contributed by atoms with van der Waals surface area (Å²) in [5.41, 5.74) is 1.26. The number of hydrogen-bond acceptors (Lipinski definition) is 4. The molecule has 0 unspecified atom stereocenters. The molecular formula is C13H15NO3S. The Labute approximate surface area is 111 Å². The van der Waals surface area contributed by atoms with Crippen LogP contribution < -0.4 is 0 Å². The zero-order valence-corrected chi connectivity index (χ0v) is 11.0. The van der Waals surface area contributed by atoms with Gasteiger partial charge in [0.15, 0.2) is 0 Å². The maximum atomic E-state index is 11.7. The standard InChI is InChI=1S/C13H15NO3S/c1-16-13(15)11-5-3-2-4-10(11)12(18)14-6-8-17-9-7-14/h2-5H,6-9H2,1H3. The van der Waals surface area contributed by atoms with Crippen molar-refractivity contribution in [1.29, 1.82) is 0 Å². The second-order valence-corrected chi connectivity index (χ2v) is 4.33. The SMILES string of the molecule is COC(=O)c1ccccc1C(=S)N1CCOCC1. The number of thiocarbonyl (C=S) groups is 1. The van der Waals surface area contributed by atoms with E-state index < -0.39 is 0 Å². The Morgan fingerprint density at radius 2 is 1.89 bits per heavy atom. The monoisotopic (exact) mass is 265 g/mol. The average Bonchev–Trinajstić information content (AvgIpc) is 2.46. The highest BCUT2D eigenvalue weighted by Gasteiger charge is 2.20. The van der Waals surface area contributed by atoms with Gasteiger partial charge < -0.3 is 14.4 Å². The van der Waals surface area contributed by atoms with Gasteiger partial charge in [0.2, 0.25) is 0 Å². The van der Waals surface area contributed by atoms with Gasteiger partial charge in [-0.25, -0.2) is 4.79 Å². The minimum Gasteiger partial charge on any atom is -0.465 e. The van der Waals surface area contributed by atoms with Crippen LogP contribution in [0.25, 0.3) is 0 Å². The lowest BCUT2D eigenvalue weighted by atomic mass is 10.1. The van der Waals surface area contributed by atoms with Crippen molar-refractivity contribution in [3.05, 3.63) is 35.4 Å². The average molecular weight is 265 g/mol. The van der Waals surface area contributed by atoms with Crippen LogP contribution in [0.15, 0.2) is 24.3 Å². The van der Waals surface area contributed by atoms with Gasteiger partial charge in [-0.1, -0.05) is 30.4 Å². The Kier molecular flexibility index (Phi) is 4.28. The molecule has 96 valence electrons. The molecule has 1 aromatic rings. The van der Waals surface area contributed by atoms with E-state index in [-0.39, 0.29) is 5.97 Å². The minimum atomic E-state index is -0.360. The van der Waals surface area contributed by atoms with Crippen LogP contribution in [0, 0.1) is 0 Å². The van der Waals surface area contributed by atoms with E-state index in [0.717, 1.165) is 18.7 Å². The number of esters is 1. The first-order chi connectivity index (χ1) is 8.74. The lowest BCUT2D eigenvalue weighted by molar-refractivity contribution is 0.0599. The van der Waals surface area contributed by atoms with Crippen LogP contribution >= 0.6 is 12.2 Å². The Morgan fingerprint density at radius 1 is 1.28 bits per heavy atom. The van der Waals surface area contributed by atoms with E-state index >= 15 is 0 Å². The van der Waals surface area contributed by atoms with Crippen molar-refractivity contribution in [1.82, 2.24) is 4.90 Å². The molecule has 1 heterocycles. The molecule has 1 fully saturated rings. The van der Waals surface area contributed by atoms with Gasteiger partial charge in [0.05, 0.1) is 25.9 Å². The third-order valence-corrected chi connectivity index (χ3v) is 3.34. The molecule has 5 heteroatoms. The van der Waals surface area contributed by atoms with E-state index in [4.69, 9.17) is 21.7 Å². The topological polar surface area (TPSA) is 38.8 Å². The van der Waals surface area contributed by atoms with Gasteiger partial charge in [0.25, 0.3) is 0 Å². The van der Waals surface area contributed by atoms with Gasteiger partial charge in [-0.15, -0.1) is 0 Å². The summed E-state index contributed by atoms with van der Waals surface area (Å²) < 4.78 is 10.1. The van der Waals surface area contributed by atoms with Crippen LogP contribution in [0.3, 0.4) is 0 Å². The Morgan fingerprint density at radius 3 is 2.50 bits per heavy atom. The van der Waals surface area contributed by atoms with E-state index in [9.17, 15) is 4.79 Å². The summed E-state index contributed by atoms with van der Waals surface area (Å²) >= 11 is 5.46. The zero-order chi connectivity index (χ0) is 13.0. The molecular weight excluding hydrogens is 250 g/mol. The minimum absolute atomic E-state index is 0.360. The first-order valence-corrected chi connectivity index (χ1v) is 6.19. The number of nitrogens with zero attached hydrogens (tertiary/aromatic N) is 1. The first-order valence-electron chi connectivity index (χ1n) is 5.78. The van der Waals surface area contributed by atoms with Crippen molar-refractivity contribution >= 4 is 23.2 Å². The molecule has 1 aliphatic rings. The predicted molar refractivity (Wildman–Crippen MR) is 71.9 cm³/mol. The van der Waals surface area contributed by atoms with Crippen molar-refractivity contribution in [2.45, 2.75) is 0 Å². The van der Waals surface area contributed by atoms with E-state index in [2.05, 4.69) is 4.90 Å². The van der Waals surface area contributed by atoms with E-state index in [1.807, 2.05) is 12.1 Å². The molecule has 1 aliphatic heterocycles. The van der Waals surface area contributed by atoms with E-state index in [0.29, 0.717) is 23.8 Å². The highest BCUT2D eigenvalue weighted by Crippen LogP contribution is 2.15. The molecule has 0 atom stereocenters. The smallest absolute Gasteiger partial charge is 0.338 e. The van der Waals surface area contributed by atoms with Gasteiger partial charge in [-0.2, -0.15) is 0 Å². The predicted octanol–water partition coefficient (Wildman–Crippen LogP) is 1.48. The fraction of sp³-hybridized carbons (Fsp3) is 0.385. The first kappa shape index (κ1) is 13.0. The van der Waals surface area contributed by atoms with Crippen molar-refractivity contribution in [3.63, 3.8) is 0 Å². The molecule has 2 rings (SSSR count). The molecule has 0 aliphatic carbocycles. The second kappa shape index (κ2) is 5.93. The zero-order valence-electron chi connectivity index (χ0n) is 10.2. The summed E-state index contributed by atoms with van der Waals surface area (Å²) in [6.45, 7) is 2.85. The molecule has 1 aromatic carbocycles. The van der Waals surface area contributed by atoms with Gasteiger partial charge in [-0.3, -0.25) is 0 Å². The molecule has 1 saturated heterocycles. The summed E-state index contributed by atoms with van der Waals surface area (Å²) in [5.74, 6) is -0.360. The Hall–Kier alpha value is -1.46. The summed E-state index contributed by atoms with van der Waals surface area (Å²) in [6.07, 6.45) is 0. The fourth-order valence-electron chi connectivity index (χ4n) is 1.89. The number of carbonyl (C=O) groups is 1. The number of carbonyl (C=O) groups excluding carboxylic acids is 1. The lowest BCUT2D eigenvalue weighted by Gasteiger charge is -2.29. The normalized spacial score (nSPS) is 15.3. The van der Waals surface area contributed by atoms with Gasteiger partial charge in [0.1, 0.15) is 4.99 Å². The summed E-state index contributed by atoms with van der Waals surface area (Å²) in [5, 5.41) is 0. The number of morpholine rings is 1. The summed E-state index contributed by atoms with van der Waals surface area (Å²) in [7, 11) is 1.37. The van der Waals surface area contributed by atoms with Gasteiger partial charge in [-0.05, 0) is 6.07 Å². The number of benzene rings is 1. The molecule has 0 aromatic heterocycles. The number of hydrogen-bond donors (Lipinski definition) is 0. The van der Waals surface area contributed by atoms with Crippen LogP contribution in [0.1, 0.15) is 15.9 Å². The highest BCUT2D eigenvalue weighted by atomic mass is 32.1. The van der Waals surface area contributed by atoms with Crippen molar-refractivity contribution < 1.29 is 14.3 Å². The van der Waals surface area contributed by atoms with Crippen LogP contribution in [-0.2, 0) is 9.47 Å². The van der Waals surface area contributed by atoms with E-state index in [1.165, 1.54) is 7.11 Å². The van der Waals surface area contributed by atoms with Crippen LogP contribution in [0.4, 0.5) is 0 Å². The number of methoxy groups -OCH3 is 1. The number of ether oxygens (including phenoxy) is 2. The molecule has 0 saturated carbocycles. The van der Waals surface area contributed by atoms with E-state index in [1.54, 1.807) is 12.1 Å². The maximum absolute atomic E-state index is 11.7. The third-order valence-electron chi connectivity index (χ3n) is 2.86. The third kappa shape index (κ3) is 2.68. The van der Waals surface area contributed by atoms with Crippen molar-refractivity contribution in [3.8, 4) is 0 Å². The Balaban J connectivity index is 2.26. The van der Waals surface area contributed by atoms with Crippen LogP contribution in [0.5, 0.6) is 0 Å². The quantitative estimate of drug-likeness (QED) is 0.598. The summed E-state index contributed by atoms with van der Waals surface area (Å²) in [4.78, 5) is 14.4. The molecule has 0 bridgehead atoms. The van der Waals surface area contributed by atoms with Crippen molar-refractivity contribution in [2.75, 3.05) is 33.4 Å². The molecule has 4 nitrogen and oxygen atoms in total. The Bertz CT molecular complexity index is 455. The van der Waals surface area contributed by atoms with Crippen molar-refractivity contribution in [2.24, 2.45) is 0 Å².